The van der Waals surface area contributed by atoms with Crippen LogP contribution in [0, 0.1) is 12.8 Å². The van der Waals surface area contributed by atoms with E-state index in [0.717, 1.165) is 22.6 Å². The topological polar surface area (TPSA) is 82.5 Å². The van der Waals surface area contributed by atoms with Crippen LogP contribution in [0.5, 0.6) is 0 Å². The highest BCUT2D eigenvalue weighted by atomic mass is 35.5. The Morgan fingerprint density at radius 2 is 1.90 bits per heavy atom. The summed E-state index contributed by atoms with van der Waals surface area (Å²) in [5, 5.41) is 12.5. The van der Waals surface area contributed by atoms with Crippen molar-refractivity contribution in [2.75, 3.05) is 18.0 Å². The van der Waals surface area contributed by atoms with E-state index >= 15 is 0 Å². The second-order valence-corrected chi connectivity index (χ2v) is 8.05. The first kappa shape index (κ1) is 21.4. The summed E-state index contributed by atoms with van der Waals surface area (Å²) in [5.41, 5.74) is 2.56. The standard InChI is InChI=1S/C21H23Cl2N3O3/c1-12-6-7-17(15-4-3-5-16(22)18(15)23)25-19(12)26-10-8-14(9-11-26)20(27)24-13(2)21(28)29/h3-7,13-14H,8-11H2,1-2H3,(H,24,27)(H,28,29). The molecule has 0 aliphatic carbocycles. The lowest BCUT2D eigenvalue weighted by Gasteiger charge is -2.33. The van der Waals surface area contributed by atoms with Crippen molar-refractivity contribution in [1.29, 1.82) is 0 Å². The number of aryl methyl sites for hydroxylation is 1. The summed E-state index contributed by atoms with van der Waals surface area (Å²) in [4.78, 5) is 30.2. The molecule has 1 aliphatic heterocycles. The third-order valence-corrected chi connectivity index (χ3v) is 6.01. The number of anilines is 1. The van der Waals surface area contributed by atoms with Gasteiger partial charge in [0.25, 0.3) is 0 Å². The number of benzene rings is 1. The van der Waals surface area contributed by atoms with E-state index < -0.39 is 12.0 Å². The van der Waals surface area contributed by atoms with Crippen molar-refractivity contribution in [3.05, 3.63) is 45.9 Å². The van der Waals surface area contributed by atoms with E-state index in [1.54, 1.807) is 6.07 Å². The molecule has 154 valence electrons. The molecule has 1 aromatic heterocycles. The molecule has 6 nitrogen and oxygen atoms in total. The van der Waals surface area contributed by atoms with Crippen molar-refractivity contribution >= 4 is 40.9 Å². The number of nitrogens with zero attached hydrogens (tertiary/aromatic N) is 2. The molecule has 0 radical (unpaired) electrons. The number of carboxylic acids is 1. The lowest BCUT2D eigenvalue weighted by atomic mass is 9.95. The number of rotatable bonds is 5. The quantitative estimate of drug-likeness (QED) is 0.735. The number of carbonyl (C=O) groups is 2. The molecule has 1 saturated heterocycles. The number of hydrogen-bond donors (Lipinski definition) is 2. The predicted molar refractivity (Wildman–Crippen MR) is 115 cm³/mol. The van der Waals surface area contributed by atoms with Gasteiger partial charge in [-0.2, -0.15) is 0 Å². The van der Waals surface area contributed by atoms with Gasteiger partial charge in [-0.15, -0.1) is 0 Å². The van der Waals surface area contributed by atoms with Crippen molar-refractivity contribution in [3.8, 4) is 11.3 Å². The minimum Gasteiger partial charge on any atom is -0.480 e. The highest BCUT2D eigenvalue weighted by Gasteiger charge is 2.28. The number of nitrogens with one attached hydrogen (secondary N) is 1. The number of amides is 1. The maximum absolute atomic E-state index is 12.3. The van der Waals surface area contributed by atoms with Crippen LogP contribution < -0.4 is 10.2 Å². The summed E-state index contributed by atoms with van der Waals surface area (Å²) in [6.07, 6.45) is 1.28. The number of carboxylic acid groups (broad SMARTS) is 1. The van der Waals surface area contributed by atoms with Crippen LogP contribution >= 0.6 is 23.2 Å². The van der Waals surface area contributed by atoms with Gasteiger partial charge in [0.05, 0.1) is 15.7 Å². The highest BCUT2D eigenvalue weighted by molar-refractivity contribution is 6.43. The van der Waals surface area contributed by atoms with Crippen molar-refractivity contribution in [1.82, 2.24) is 10.3 Å². The first-order valence-corrected chi connectivity index (χ1v) is 10.2. The zero-order valence-corrected chi connectivity index (χ0v) is 17.8. The molecule has 0 spiro atoms. The fraction of sp³-hybridized carbons (Fsp3) is 0.381. The van der Waals surface area contributed by atoms with E-state index in [1.165, 1.54) is 6.92 Å². The van der Waals surface area contributed by atoms with Gasteiger partial charge < -0.3 is 15.3 Å². The molecule has 0 bridgehead atoms. The molecule has 1 aliphatic rings. The number of piperidine rings is 1. The Morgan fingerprint density at radius 3 is 2.55 bits per heavy atom. The maximum atomic E-state index is 12.3. The summed E-state index contributed by atoms with van der Waals surface area (Å²) in [5.74, 6) is -0.578. The number of pyridine rings is 1. The number of hydrogen-bond acceptors (Lipinski definition) is 4. The van der Waals surface area contributed by atoms with Crippen molar-refractivity contribution in [2.45, 2.75) is 32.7 Å². The van der Waals surface area contributed by atoms with Crippen LogP contribution in [-0.2, 0) is 9.59 Å². The van der Waals surface area contributed by atoms with Gasteiger partial charge in [0.1, 0.15) is 11.9 Å². The van der Waals surface area contributed by atoms with E-state index in [4.69, 9.17) is 33.3 Å². The third kappa shape index (κ3) is 4.82. The van der Waals surface area contributed by atoms with E-state index in [2.05, 4.69) is 10.2 Å². The first-order chi connectivity index (χ1) is 13.8. The van der Waals surface area contributed by atoms with Crippen molar-refractivity contribution < 1.29 is 14.7 Å². The maximum Gasteiger partial charge on any atom is 0.325 e. The van der Waals surface area contributed by atoms with E-state index in [-0.39, 0.29) is 11.8 Å². The molecule has 2 aromatic rings. The van der Waals surface area contributed by atoms with Crippen molar-refractivity contribution in [3.63, 3.8) is 0 Å². The third-order valence-electron chi connectivity index (χ3n) is 5.19. The number of aromatic nitrogens is 1. The molecule has 1 fully saturated rings. The van der Waals surface area contributed by atoms with Gasteiger partial charge in [-0.3, -0.25) is 9.59 Å². The molecule has 3 rings (SSSR count). The first-order valence-electron chi connectivity index (χ1n) is 9.48. The predicted octanol–water partition coefficient (Wildman–Crippen LogP) is 4.17. The fourth-order valence-electron chi connectivity index (χ4n) is 3.44. The van der Waals surface area contributed by atoms with Crippen LogP contribution in [0.25, 0.3) is 11.3 Å². The molecule has 8 heteroatoms. The second-order valence-electron chi connectivity index (χ2n) is 7.27. The largest absolute Gasteiger partial charge is 0.480 e. The van der Waals surface area contributed by atoms with E-state index in [1.807, 2.05) is 31.2 Å². The molecule has 29 heavy (non-hydrogen) atoms. The van der Waals surface area contributed by atoms with Crippen LogP contribution in [0.15, 0.2) is 30.3 Å². The SMILES string of the molecule is Cc1ccc(-c2cccc(Cl)c2Cl)nc1N1CCC(C(=O)NC(C)C(=O)O)CC1. The Bertz CT molecular complexity index is 927. The van der Waals surface area contributed by atoms with Gasteiger partial charge in [0.15, 0.2) is 0 Å². The van der Waals surface area contributed by atoms with Gasteiger partial charge in [0.2, 0.25) is 5.91 Å². The summed E-state index contributed by atoms with van der Waals surface area (Å²) in [6.45, 7) is 4.80. The van der Waals surface area contributed by atoms with Gasteiger partial charge in [0, 0.05) is 24.6 Å². The molecule has 1 aromatic carbocycles. The Balaban J connectivity index is 1.73. The molecule has 2 heterocycles. The molecule has 1 atom stereocenters. The van der Waals surface area contributed by atoms with Crippen LogP contribution in [-0.4, -0.2) is 41.1 Å². The second kappa shape index (κ2) is 9.01. The Hall–Kier alpha value is -2.31. The van der Waals surface area contributed by atoms with Gasteiger partial charge in [-0.1, -0.05) is 41.4 Å². The number of carbonyl (C=O) groups excluding carboxylic acids is 1. The number of halogens is 2. The smallest absolute Gasteiger partial charge is 0.325 e. The lowest BCUT2D eigenvalue weighted by molar-refractivity contribution is -0.142. The minimum absolute atomic E-state index is 0.195. The van der Waals surface area contributed by atoms with E-state index in [9.17, 15) is 9.59 Å². The number of aliphatic carboxylic acids is 1. The Labute approximate surface area is 179 Å². The summed E-state index contributed by atoms with van der Waals surface area (Å²) < 4.78 is 0. The molecule has 1 unspecified atom stereocenters. The Morgan fingerprint density at radius 1 is 1.21 bits per heavy atom. The van der Waals surface area contributed by atoms with Crippen LogP contribution in [0.4, 0.5) is 5.82 Å². The van der Waals surface area contributed by atoms with Gasteiger partial charge >= 0.3 is 5.97 Å². The molecule has 1 amide bonds. The van der Waals surface area contributed by atoms with E-state index in [0.29, 0.717) is 36.0 Å². The average molecular weight is 436 g/mol. The summed E-state index contributed by atoms with van der Waals surface area (Å²) in [6, 6.07) is 8.50. The van der Waals surface area contributed by atoms with Gasteiger partial charge in [-0.05, 0) is 44.4 Å². The lowest BCUT2D eigenvalue weighted by Crippen LogP contribution is -2.45. The average Bonchev–Trinajstić information content (AvgIpc) is 2.70. The molecular weight excluding hydrogens is 413 g/mol. The van der Waals surface area contributed by atoms with Crippen LogP contribution in [0.1, 0.15) is 25.3 Å². The van der Waals surface area contributed by atoms with Gasteiger partial charge in [-0.25, -0.2) is 4.98 Å². The summed E-state index contributed by atoms with van der Waals surface area (Å²) in [7, 11) is 0. The van der Waals surface area contributed by atoms with Crippen LogP contribution in [0.2, 0.25) is 10.0 Å². The molecule has 2 N–H and O–H groups in total. The highest BCUT2D eigenvalue weighted by Crippen LogP contribution is 2.34. The molecule has 0 saturated carbocycles. The van der Waals surface area contributed by atoms with Crippen LogP contribution in [0.3, 0.4) is 0 Å². The minimum atomic E-state index is -1.04. The zero-order valence-electron chi connectivity index (χ0n) is 16.3. The zero-order chi connectivity index (χ0) is 21.1. The fourth-order valence-corrected chi connectivity index (χ4v) is 3.83. The normalized spacial score (nSPS) is 15.8. The monoisotopic (exact) mass is 435 g/mol. The molecular formula is C21H23Cl2N3O3. The van der Waals surface area contributed by atoms with Crippen molar-refractivity contribution in [2.24, 2.45) is 5.92 Å². The summed E-state index contributed by atoms with van der Waals surface area (Å²) >= 11 is 12.5. The Kier molecular flexibility index (Phi) is 6.65.